The lowest BCUT2D eigenvalue weighted by molar-refractivity contribution is -0.866. The summed E-state index contributed by atoms with van der Waals surface area (Å²) in [6.45, 7) is 14.3. The summed E-state index contributed by atoms with van der Waals surface area (Å²) in [7, 11) is -4.14. The van der Waals surface area contributed by atoms with E-state index in [1.54, 1.807) is 0 Å². The van der Waals surface area contributed by atoms with Crippen molar-refractivity contribution in [3.05, 3.63) is 240 Å². The van der Waals surface area contributed by atoms with E-state index in [9.17, 15) is 0 Å². The Bertz CT molecular complexity index is 3230. The van der Waals surface area contributed by atoms with E-state index in [2.05, 4.69) is 269 Å². The van der Waals surface area contributed by atoms with Crippen LogP contribution in [-0.4, -0.2) is 52.0 Å². The summed E-state index contributed by atoms with van der Waals surface area (Å²) in [6, 6.07) is 78.4. The van der Waals surface area contributed by atoms with Crippen molar-refractivity contribution in [1.82, 2.24) is 0 Å². The molecular formula is C78H92N2O2P2+4. The predicted octanol–water partition coefficient (Wildman–Crippen LogP) is 16.7. The molecule has 1 spiro atoms. The molecule has 0 aromatic heterocycles. The Morgan fingerprint density at radius 1 is 0.429 bits per heavy atom. The van der Waals surface area contributed by atoms with Crippen LogP contribution in [0.3, 0.4) is 0 Å². The molecule has 8 aromatic carbocycles. The Balaban J connectivity index is 0.00000736. The number of nitrogens with zero attached hydrogens (tertiary/aromatic N) is 2. The fourth-order valence-electron chi connectivity index (χ4n) is 15.4. The van der Waals surface area contributed by atoms with Gasteiger partial charge in [0.05, 0.1) is 23.5 Å². The Morgan fingerprint density at radius 2 is 0.714 bits per heavy atom. The zero-order valence-corrected chi connectivity index (χ0v) is 52.1. The number of hydrogen-bond acceptors (Lipinski definition) is 2. The molecule has 3 aliphatic heterocycles. The van der Waals surface area contributed by atoms with Crippen LogP contribution in [0.5, 0.6) is 11.5 Å². The predicted molar refractivity (Wildman–Crippen MR) is 362 cm³/mol. The fourth-order valence-corrected chi connectivity index (χ4v) is 24.0. The minimum atomic E-state index is -2.07. The van der Waals surface area contributed by atoms with Crippen LogP contribution < -0.4 is 41.3 Å². The zero-order valence-electron chi connectivity index (χ0n) is 50.4. The molecule has 0 radical (unpaired) electrons. The zero-order chi connectivity index (χ0) is 57.1. The standard InChI is InChI=1S/C77H88N2O2P2.CH4/c1-7-9-47-75(5,48-10-8-2)63-53-59(3)73-61(55-63)57-78-71-45-29-30-46-72(71)79-58-62-56-64(54-60(4)74(62)81-77(78,79)80-73)76(6,49-31-51-82(65-33-17-11-18-34-65,66-35-19-12-20-36-66)67-37-21-13-22-38-67)50-32-52-83(68-39-23-14-24-40-68,69-41-25-15-26-42-69)70-43-27-16-28-44-70;/h11-28,33-44,53-58,71-72H,7-10,29-32,45-52H2,1-6H3;1H4/q+4;. The van der Waals surface area contributed by atoms with Crippen LogP contribution in [0.2, 0.25) is 0 Å². The SMILES string of the molecule is C.CCCCC(C)(CCCC)c1cc(C)c2c(c1)C=[N+]1C3CCCCC3[N+]3=Cc4cc(C(C)(CCC[P+](c5ccccc5)(c5ccccc5)c5ccccc5)CCC[P+](c5ccccc5)(c5ccccc5)c5ccccc5)cc(C)c4OC13O2. The molecule has 2 fully saturated rings. The second-order valence-corrected chi connectivity index (χ2v) is 32.5. The highest BCUT2D eigenvalue weighted by Crippen LogP contribution is 2.59. The first kappa shape index (κ1) is 59.3. The Labute approximate surface area is 505 Å². The lowest BCUT2D eigenvalue weighted by Gasteiger charge is -2.35. The van der Waals surface area contributed by atoms with E-state index in [0.29, 0.717) is 0 Å². The van der Waals surface area contributed by atoms with Gasteiger partial charge in [0.25, 0.3) is 0 Å². The largest absolute Gasteiger partial charge is 0.704 e. The lowest BCUT2D eigenvalue weighted by Crippen LogP contribution is -2.60. The van der Waals surface area contributed by atoms with Gasteiger partial charge in [-0.15, -0.1) is 0 Å². The van der Waals surface area contributed by atoms with E-state index in [1.807, 2.05) is 0 Å². The number of aryl methyl sites for hydroxylation is 2. The maximum atomic E-state index is 7.68. The molecule has 4 aliphatic rings. The highest BCUT2D eigenvalue weighted by Gasteiger charge is 2.76. The molecule has 3 unspecified atom stereocenters. The van der Waals surface area contributed by atoms with Crippen molar-refractivity contribution in [3.63, 3.8) is 0 Å². The molecule has 1 aliphatic carbocycles. The third kappa shape index (κ3) is 10.9. The first-order valence-corrected chi connectivity index (χ1v) is 35.5. The molecular weight excluding hydrogens is 1060 g/mol. The molecule has 4 nitrogen and oxygen atoms in total. The Morgan fingerprint density at radius 3 is 1.00 bits per heavy atom. The average molecular weight is 1150 g/mol. The summed E-state index contributed by atoms with van der Waals surface area (Å²) in [5.41, 5.74) is 7.57. The number of rotatable bonds is 22. The fraction of sp³-hybridized carbons (Fsp3) is 0.359. The summed E-state index contributed by atoms with van der Waals surface area (Å²) in [6.07, 6.45) is 23.3. The number of hydrogen-bond donors (Lipinski definition) is 0. The van der Waals surface area contributed by atoms with Crippen LogP contribution in [-0.2, 0) is 10.8 Å². The summed E-state index contributed by atoms with van der Waals surface area (Å²) in [5.74, 6) is 1.90. The van der Waals surface area contributed by atoms with Gasteiger partial charge in [-0.05, 0) is 183 Å². The monoisotopic (exact) mass is 1150 g/mol. The summed E-state index contributed by atoms with van der Waals surface area (Å²) >= 11 is 0. The van der Waals surface area contributed by atoms with Crippen molar-refractivity contribution in [3.8, 4) is 11.5 Å². The van der Waals surface area contributed by atoms with Gasteiger partial charge in [-0.25, -0.2) is 0 Å². The average Bonchev–Trinajstić information content (AvgIpc) is 3.17. The first-order chi connectivity index (χ1) is 40.5. The van der Waals surface area contributed by atoms with Crippen LogP contribution in [0.4, 0.5) is 0 Å². The minimum Gasteiger partial charge on any atom is -0.340 e. The number of benzene rings is 8. The van der Waals surface area contributed by atoms with Gasteiger partial charge in [0.2, 0.25) is 12.1 Å². The van der Waals surface area contributed by atoms with Gasteiger partial charge in [0, 0.05) is 12.8 Å². The summed E-state index contributed by atoms with van der Waals surface area (Å²) in [4.78, 5) is 0. The highest BCUT2D eigenvalue weighted by atomic mass is 31.2. The first-order valence-electron chi connectivity index (χ1n) is 31.6. The quantitative estimate of drug-likeness (QED) is 0.0499. The van der Waals surface area contributed by atoms with E-state index in [4.69, 9.17) is 9.47 Å². The second kappa shape index (κ2) is 25.3. The Kier molecular flexibility index (Phi) is 17.8. The third-order valence-electron chi connectivity index (χ3n) is 19.9. The molecule has 12 rings (SSSR count). The van der Waals surface area contributed by atoms with Crippen LogP contribution in [0.15, 0.2) is 206 Å². The van der Waals surface area contributed by atoms with Crippen LogP contribution >= 0.6 is 14.5 Å². The van der Waals surface area contributed by atoms with Gasteiger partial charge in [0.15, 0.2) is 23.9 Å². The summed E-state index contributed by atoms with van der Waals surface area (Å²) in [5, 5.41) is 8.70. The van der Waals surface area contributed by atoms with Crippen LogP contribution in [0.25, 0.3) is 0 Å². The number of unbranched alkanes of at least 4 members (excludes halogenated alkanes) is 2. The number of ether oxygens (including phenoxy) is 2. The normalized spacial score (nSPS) is 18.1. The highest BCUT2D eigenvalue weighted by molar-refractivity contribution is 7.96. The van der Waals surface area contributed by atoms with Gasteiger partial charge in [-0.3, -0.25) is 0 Å². The maximum Gasteiger partial charge on any atom is 0.704 e. The molecule has 432 valence electrons. The van der Waals surface area contributed by atoms with E-state index in [-0.39, 0.29) is 30.3 Å². The molecule has 0 amide bonds. The van der Waals surface area contributed by atoms with Gasteiger partial charge < -0.3 is 9.47 Å². The van der Waals surface area contributed by atoms with Crippen LogP contribution in [0, 0.1) is 13.8 Å². The lowest BCUT2D eigenvalue weighted by atomic mass is 9.73. The Hall–Kier alpha value is -6.44. The van der Waals surface area contributed by atoms with Gasteiger partial charge in [-0.1, -0.05) is 191 Å². The van der Waals surface area contributed by atoms with Crippen molar-refractivity contribution in [1.29, 1.82) is 0 Å². The number of fused-ring (bicyclic) bond motifs is 5. The topological polar surface area (TPSA) is 24.5 Å². The van der Waals surface area contributed by atoms with E-state index >= 15 is 0 Å². The molecule has 1 saturated heterocycles. The van der Waals surface area contributed by atoms with Crippen molar-refractivity contribution in [2.45, 2.75) is 168 Å². The molecule has 6 heteroatoms. The van der Waals surface area contributed by atoms with Crippen molar-refractivity contribution >= 4 is 58.8 Å². The van der Waals surface area contributed by atoms with Gasteiger partial charge >= 0.3 is 6.03 Å². The second-order valence-electron chi connectivity index (χ2n) is 25.3. The van der Waals surface area contributed by atoms with Gasteiger partial charge in [-0.2, -0.15) is 0 Å². The molecule has 3 atom stereocenters. The summed E-state index contributed by atoms with van der Waals surface area (Å²) < 4.78 is 20.3. The van der Waals surface area contributed by atoms with E-state index < -0.39 is 20.6 Å². The van der Waals surface area contributed by atoms with Crippen molar-refractivity contribution < 1.29 is 18.6 Å². The van der Waals surface area contributed by atoms with Crippen LogP contribution in [0.1, 0.15) is 158 Å². The molecule has 3 heterocycles. The molecule has 0 N–H and O–H groups in total. The van der Waals surface area contributed by atoms with Gasteiger partial charge in [0.1, 0.15) is 46.4 Å². The third-order valence-corrected chi connectivity index (χ3v) is 28.9. The molecule has 0 bridgehead atoms. The smallest absolute Gasteiger partial charge is 0.340 e. The van der Waals surface area contributed by atoms with E-state index in [1.165, 1.54) is 117 Å². The minimum absolute atomic E-state index is 0. The molecule has 84 heavy (non-hydrogen) atoms. The van der Waals surface area contributed by atoms with Crippen molar-refractivity contribution in [2.75, 3.05) is 12.3 Å². The molecule has 8 aromatic rings. The maximum absolute atomic E-state index is 7.68. The van der Waals surface area contributed by atoms with E-state index in [0.717, 1.165) is 62.3 Å². The molecule has 1 saturated carbocycles. The van der Waals surface area contributed by atoms with Crippen molar-refractivity contribution in [2.24, 2.45) is 0 Å².